The summed E-state index contributed by atoms with van der Waals surface area (Å²) in [5, 5.41) is 3.70. The molecule has 0 saturated carbocycles. The SMILES string of the molecule is CC(C)c1ccc(-c2cnc(CCC(=O)Nc3cc(Cl)ccc3Cl)o2)cc1. The van der Waals surface area contributed by atoms with E-state index in [1.165, 1.54) is 5.56 Å². The summed E-state index contributed by atoms with van der Waals surface area (Å²) in [6.45, 7) is 4.31. The van der Waals surface area contributed by atoms with Gasteiger partial charge in [0.05, 0.1) is 16.9 Å². The number of oxazole rings is 1. The molecule has 3 rings (SSSR count). The smallest absolute Gasteiger partial charge is 0.224 e. The van der Waals surface area contributed by atoms with E-state index in [-0.39, 0.29) is 12.3 Å². The van der Waals surface area contributed by atoms with E-state index >= 15 is 0 Å². The zero-order chi connectivity index (χ0) is 19.4. The molecule has 0 aliphatic heterocycles. The van der Waals surface area contributed by atoms with Crippen LogP contribution in [-0.2, 0) is 11.2 Å². The summed E-state index contributed by atoms with van der Waals surface area (Å²) in [6, 6.07) is 13.1. The number of anilines is 1. The van der Waals surface area contributed by atoms with Gasteiger partial charge in [-0.15, -0.1) is 0 Å². The van der Waals surface area contributed by atoms with Crippen LogP contribution < -0.4 is 5.32 Å². The minimum atomic E-state index is -0.180. The van der Waals surface area contributed by atoms with E-state index in [9.17, 15) is 4.79 Å². The molecule has 2 aromatic carbocycles. The zero-order valence-corrected chi connectivity index (χ0v) is 16.6. The second-order valence-corrected chi connectivity index (χ2v) is 7.41. The molecule has 0 radical (unpaired) electrons. The van der Waals surface area contributed by atoms with Crippen molar-refractivity contribution in [3.05, 3.63) is 70.2 Å². The van der Waals surface area contributed by atoms with Crippen LogP contribution in [0.3, 0.4) is 0 Å². The van der Waals surface area contributed by atoms with E-state index in [4.69, 9.17) is 27.6 Å². The van der Waals surface area contributed by atoms with Gasteiger partial charge in [-0.3, -0.25) is 4.79 Å². The number of rotatable bonds is 6. The van der Waals surface area contributed by atoms with E-state index in [1.54, 1.807) is 24.4 Å². The number of amides is 1. The summed E-state index contributed by atoms with van der Waals surface area (Å²) in [4.78, 5) is 16.4. The van der Waals surface area contributed by atoms with Gasteiger partial charge in [-0.25, -0.2) is 4.98 Å². The predicted octanol–water partition coefficient (Wildman–Crippen LogP) is 6.34. The lowest BCUT2D eigenvalue weighted by atomic mass is 10.0. The zero-order valence-electron chi connectivity index (χ0n) is 15.1. The summed E-state index contributed by atoms with van der Waals surface area (Å²) in [5.41, 5.74) is 2.73. The molecule has 0 atom stereocenters. The van der Waals surface area contributed by atoms with Gasteiger partial charge in [0.25, 0.3) is 0 Å². The second kappa shape index (κ2) is 8.59. The van der Waals surface area contributed by atoms with Crippen molar-refractivity contribution in [1.29, 1.82) is 0 Å². The molecule has 0 aliphatic carbocycles. The molecule has 1 aromatic heterocycles. The van der Waals surface area contributed by atoms with Crippen LogP contribution >= 0.6 is 23.2 Å². The van der Waals surface area contributed by atoms with Gasteiger partial charge in [-0.2, -0.15) is 0 Å². The molecule has 0 unspecified atom stereocenters. The van der Waals surface area contributed by atoms with E-state index in [0.717, 1.165) is 5.56 Å². The first-order valence-electron chi connectivity index (χ1n) is 8.72. The first-order chi connectivity index (χ1) is 12.9. The van der Waals surface area contributed by atoms with E-state index in [2.05, 4.69) is 36.3 Å². The second-order valence-electron chi connectivity index (χ2n) is 6.57. The highest BCUT2D eigenvalue weighted by atomic mass is 35.5. The molecule has 0 fully saturated rings. The van der Waals surface area contributed by atoms with Crippen LogP contribution in [0.2, 0.25) is 10.0 Å². The van der Waals surface area contributed by atoms with Crippen LogP contribution in [0, 0.1) is 0 Å². The molecule has 6 heteroatoms. The number of nitrogens with one attached hydrogen (secondary N) is 1. The monoisotopic (exact) mass is 402 g/mol. The third-order valence-corrected chi connectivity index (χ3v) is 4.75. The average Bonchev–Trinajstić information content (AvgIpc) is 3.12. The summed E-state index contributed by atoms with van der Waals surface area (Å²) < 4.78 is 5.78. The molecule has 1 amide bonds. The first-order valence-corrected chi connectivity index (χ1v) is 9.48. The van der Waals surface area contributed by atoms with Gasteiger partial charge in [0.2, 0.25) is 5.91 Å². The standard InChI is InChI=1S/C21H20Cl2N2O2/c1-13(2)14-3-5-15(6-4-14)19-12-24-21(27-19)10-9-20(26)25-18-11-16(22)7-8-17(18)23/h3-8,11-13H,9-10H2,1-2H3,(H,25,26). The normalized spacial score (nSPS) is 11.0. The number of carbonyl (C=O) groups excluding carboxylic acids is 1. The molecule has 140 valence electrons. The molecular formula is C21H20Cl2N2O2. The van der Waals surface area contributed by atoms with Gasteiger partial charge in [-0.1, -0.05) is 61.3 Å². The summed E-state index contributed by atoms with van der Waals surface area (Å²) in [7, 11) is 0. The molecule has 1 N–H and O–H groups in total. The van der Waals surface area contributed by atoms with Gasteiger partial charge >= 0.3 is 0 Å². The van der Waals surface area contributed by atoms with Gasteiger partial charge in [0.15, 0.2) is 11.7 Å². The van der Waals surface area contributed by atoms with Crippen molar-refractivity contribution in [1.82, 2.24) is 4.98 Å². The molecule has 3 aromatic rings. The highest BCUT2D eigenvalue weighted by molar-refractivity contribution is 6.35. The van der Waals surface area contributed by atoms with E-state index in [0.29, 0.717) is 39.7 Å². The number of halogens is 2. The minimum Gasteiger partial charge on any atom is -0.441 e. The van der Waals surface area contributed by atoms with Crippen LogP contribution in [0.25, 0.3) is 11.3 Å². The lowest BCUT2D eigenvalue weighted by Crippen LogP contribution is -2.12. The number of carbonyl (C=O) groups is 1. The quantitative estimate of drug-likeness (QED) is 0.522. The highest BCUT2D eigenvalue weighted by Crippen LogP contribution is 2.26. The Hall–Kier alpha value is -2.30. The number of benzene rings is 2. The average molecular weight is 403 g/mol. The van der Waals surface area contributed by atoms with Crippen LogP contribution in [-0.4, -0.2) is 10.9 Å². The van der Waals surface area contributed by atoms with Crippen molar-refractivity contribution in [2.24, 2.45) is 0 Å². The van der Waals surface area contributed by atoms with Gasteiger partial charge < -0.3 is 9.73 Å². The van der Waals surface area contributed by atoms with Crippen molar-refractivity contribution in [2.45, 2.75) is 32.6 Å². The van der Waals surface area contributed by atoms with Crippen LogP contribution in [0.4, 0.5) is 5.69 Å². The number of nitrogens with zero attached hydrogens (tertiary/aromatic N) is 1. The molecule has 1 heterocycles. The lowest BCUT2D eigenvalue weighted by molar-refractivity contribution is -0.116. The van der Waals surface area contributed by atoms with Crippen molar-refractivity contribution in [3.8, 4) is 11.3 Å². The van der Waals surface area contributed by atoms with Gasteiger partial charge in [0.1, 0.15) is 0 Å². The Bertz CT molecular complexity index is 934. The van der Waals surface area contributed by atoms with Crippen LogP contribution in [0.5, 0.6) is 0 Å². The topological polar surface area (TPSA) is 55.1 Å². The minimum absolute atomic E-state index is 0.180. The maximum Gasteiger partial charge on any atom is 0.224 e. The molecule has 0 saturated heterocycles. The van der Waals surface area contributed by atoms with E-state index < -0.39 is 0 Å². The Kier molecular flexibility index (Phi) is 6.19. The molecule has 0 bridgehead atoms. The molecule has 4 nitrogen and oxygen atoms in total. The van der Waals surface area contributed by atoms with Crippen LogP contribution in [0.15, 0.2) is 53.1 Å². The first kappa shape index (κ1) is 19.5. The van der Waals surface area contributed by atoms with Crippen LogP contribution in [0.1, 0.15) is 37.6 Å². The van der Waals surface area contributed by atoms with E-state index in [1.807, 2.05) is 12.1 Å². The van der Waals surface area contributed by atoms with Crippen molar-refractivity contribution < 1.29 is 9.21 Å². The number of hydrogen-bond acceptors (Lipinski definition) is 3. The third-order valence-electron chi connectivity index (χ3n) is 4.18. The molecular weight excluding hydrogens is 383 g/mol. The maximum atomic E-state index is 12.1. The predicted molar refractivity (Wildman–Crippen MR) is 109 cm³/mol. The molecule has 0 aliphatic rings. The fourth-order valence-corrected chi connectivity index (χ4v) is 2.95. The Morgan fingerprint density at radius 2 is 1.89 bits per heavy atom. The Morgan fingerprint density at radius 1 is 1.15 bits per heavy atom. The summed E-state index contributed by atoms with van der Waals surface area (Å²) >= 11 is 12.0. The van der Waals surface area contributed by atoms with Gasteiger partial charge in [-0.05, 0) is 29.7 Å². The largest absolute Gasteiger partial charge is 0.441 e. The summed E-state index contributed by atoms with van der Waals surface area (Å²) in [6.07, 6.45) is 2.31. The fourth-order valence-electron chi connectivity index (χ4n) is 2.62. The number of hydrogen-bond donors (Lipinski definition) is 1. The number of aromatic nitrogens is 1. The Balaban J connectivity index is 1.59. The Labute approximate surface area is 168 Å². The summed E-state index contributed by atoms with van der Waals surface area (Å²) in [5.74, 6) is 1.51. The molecule has 0 spiro atoms. The van der Waals surface area contributed by atoms with Crippen molar-refractivity contribution in [3.63, 3.8) is 0 Å². The maximum absolute atomic E-state index is 12.1. The molecule has 27 heavy (non-hydrogen) atoms. The highest BCUT2D eigenvalue weighted by Gasteiger charge is 2.11. The third kappa shape index (κ3) is 5.12. The lowest BCUT2D eigenvalue weighted by Gasteiger charge is -2.07. The van der Waals surface area contributed by atoms with Crippen molar-refractivity contribution in [2.75, 3.05) is 5.32 Å². The Morgan fingerprint density at radius 3 is 2.59 bits per heavy atom. The number of aryl methyl sites for hydroxylation is 1. The van der Waals surface area contributed by atoms with Gasteiger partial charge in [0, 0.05) is 23.4 Å². The van der Waals surface area contributed by atoms with Crippen molar-refractivity contribution >= 4 is 34.8 Å². The fraction of sp³-hybridized carbons (Fsp3) is 0.238.